The standard InChI is InChI=1S/C7H12O5/c8-1-2-11-3-4-12-6-7(10)5-9/h8,10H,1-4,6H2. The van der Waals surface area contributed by atoms with Crippen molar-refractivity contribution in [2.24, 2.45) is 0 Å². The zero-order valence-electron chi connectivity index (χ0n) is 6.65. The number of aliphatic hydroxyl groups excluding tert-OH is 2. The summed E-state index contributed by atoms with van der Waals surface area (Å²) in [5.41, 5.74) is 0. The summed E-state index contributed by atoms with van der Waals surface area (Å²) in [5, 5.41) is 16.8. The Labute approximate surface area is 70.2 Å². The average molecular weight is 176 g/mol. The van der Waals surface area contributed by atoms with Crippen LogP contribution in [0.25, 0.3) is 0 Å². The van der Waals surface area contributed by atoms with Gasteiger partial charge in [0, 0.05) is 0 Å². The van der Waals surface area contributed by atoms with Gasteiger partial charge < -0.3 is 19.7 Å². The number of rotatable bonds is 7. The minimum Gasteiger partial charge on any atom is -0.500 e. The molecule has 0 radical (unpaired) electrons. The van der Waals surface area contributed by atoms with E-state index in [4.69, 9.17) is 19.7 Å². The van der Waals surface area contributed by atoms with Gasteiger partial charge in [-0.3, -0.25) is 0 Å². The number of hydrogen-bond acceptors (Lipinski definition) is 5. The van der Waals surface area contributed by atoms with Gasteiger partial charge in [-0.15, -0.1) is 0 Å². The number of aliphatic hydroxyl groups is 2. The van der Waals surface area contributed by atoms with Crippen molar-refractivity contribution in [3.63, 3.8) is 0 Å². The van der Waals surface area contributed by atoms with Gasteiger partial charge in [0.1, 0.15) is 6.61 Å². The van der Waals surface area contributed by atoms with Gasteiger partial charge in [-0.25, -0.2) is 4.79 Å². The van der Waals surface area contributed by atoms with Crippen LogP contribution in [0.1, 0.15) is 0 Å². The lowest BCUT2D eigenvalue weighted by atomic mass is 10.6. The van der Waals surface area contributed by atoms with Crippen LogP contribution in [0.2, 0.25) is 0 Å². The molecule has 0 aliphatic carbocycles. The Bertz CT molecular complexity index is 150. The van der Waals surface area contributed by atoms with Crippen molar-refractivity contribution in [2.75, 3.05) is 33.0 Å². The quantitative estimate of drug-likeness (QED) is 0.304. The van der Waals surface area contributed by atoms with E-state index in [2.05, 4.69) is 0 Å². The van der Waals surface area contributed by atoms with Crippen molar-refractivity contribution >= 4 is 5.94 Å². The molecule has 0 bridgehead atoms. The Morgan fingerprint density at radius 1 is 1.25 bits per heavy atom. The van der Waals surface area contributed by atoms with Gasteiger partial charge in [-0.05, 0) is 0 Å². The molecule has 0 fully saturated rings. The molecule has 70 valence electrons. The molecule has 0 heterocycles. The first-order valence-corrected chi connectivity index (χ1v) is 3.50. The molecule has 0 saturated heterocycles. The fourth-order valence-electron chi connectivity index (χ4n) is 0.483. The Morgan fingerprint density at radius 3 is 2.50 bits per heavy atom. The first-order chi connectivity index (χ1) is 5.81. The van der Waals surface area contributed by atoms with Crippen molar-refractivity contribution < 1.29 is 24.5 Å². The molecule has 2 N–H and O–H groups in total. The molecule has 0 rings (SSSR count). The predicted molar refractivity (Wildman–Crippen MR) is 40.6 cm³/mol. The number of ether oxygens (including phenoxy) is 2. The SMILES string of the molecule is O=C=C(O)COCCOCCO. The second kappa shape index (κ2) is 8.23. The van der Waals surface area contributed by atoms with E-state index in [1.165, 1.54) is 5.94 Å². The van der Waals surface area contributed by atoms with E-state index in [0.29, 0.717) is 6.61 Å². The third-order valence-corrected chi connectivity index (χ3v) is 0.964. The lowest BCUT2D eigenvalue weighted by Gasteiger charge is -2.02. The van der Waals surface area contributed by atoms with Crippen molar-refractivity contribution in [2.45, 2.75) is 0 Å². The van der Waals surface area contributed by atoms with Gasteiger partial charge >= 0.3 is 0 Å². The van der Waals surface area contributed by atoms with Crippen LogP contribution in [0, 0.1) is 0 Å². The smallest absolute Gasteiger partial charge is 0.203 e. The molecular weight excluding hydrogens is 164 g/mol. The van der Waals surface area contributed by atoms with Crippen LogP contribution in [0.5, 0.6) is 0 Å². The summed E-state index contributed by atoms with van der Waals surface area (Å²) in [6, 6.07) is 0. The summed E-state index contributed by atoms with van der Waals surface area (Å²) in [5.74, 6) is 0.822. The third-order valence-electron chi connectivity index (χ3n) is 0.964. The lowest BCUT2D eigenvalue weighted by Crippen LogP contribution is -2.08. The minimum absolute atomic E-state index is 0.0283. The lowest BCUT2D eigenvalue weighted by molar-refractivity contribution is 0.0337. The van der Waals surface area contributed by atoms with Crippen LogP contribution in [0.15, 0.2) is 5.76 Å². The molecule has 0 aliphatic heterocycles. The Morgan fingerprint density at radius 2 is 1.92 bits per heavy atom. The summed E-state index contributed by atoms with van der Waals surface area (Å²) in [6.45, 7) is 0.683. The summed E-state index contributed by atoms with van der Waals surface area (Å²) in [6.07, 6.45) is 0. The van der Waals surface area contributed by atoms with Gasteiger partial charge in [-0.2, -0.15) is 0 Å². The highest BCUT2D eigenvalue weighted by atomic mass is 16.5. The highest BCUT2D eigenvalue weighted by Crippen LogP contribution is 1.83. The van der Waals surface area contributed by atoms with E-state index in [1.54, 1.807) is 0 Å². The Balaban J connectivity index is 3.06. The monoisotopic (exact) mass is 176 g/mol. The maximum absolute atomic E-state index is 9.71. The van der Waals surface area contributed by atoms with Crippen LogP contribution in [-0.4, -0.2) is 49.2 Å². The number of hydrogen-bond donors (Lipinski definition) is 2. The van der Waals surface area contributed by atoms with Crippen molar-refractivity contribution in [1.29, 1.82) is 0 Å². The normalized spacial score (nSPS) is 9.42. The minimum atomic E-state index is -0.461. The second-order valence-corrected chi connectivity index (χ2v) is 1.94. The van der Waals surface area contributed by atoms with Gasteiger partial charge in [0.15, 0.2) is 5.94 Å². The summed E-state index contributed by atoms with van der Waals surface area (Å²) in [7, 11) is 0. The Hall–Kier alpha value is -0.870. The summed E-state index contributed by atoms with van der Waals surface area (Å²) >= 11 is 0. The molecule has 0 unspecified atom stereocenters. The van der Waals surface area contributed by atoms with Crippen LogP contribution in [-0.2, 0) is 14.3 Å². The first kappa shape index (κ1) is 11.1. The molecule has 0 spiro atoms. The first-order valence-electron chi connectivity index (χ1n) is 3.50. The second-order valence-electron chi connectivity index (χ2n) is 1.94. The molecule has 0 atom stereocenters. The zero-order chi connectivity index (χ0) is 9.23. The molecular formula is C7H12O5. The average Bonchev–Trinajstić information content (AvgIpc) is 2.10. The van der Waals surface area contributed by atoms with Crippen LogP contribution < -0.4 is 0 Å². The fourth-order valence-corrected chi connectivity index (χ4v) is 0.483. The number of carbonyl (C=O) groups excluding carboxylic acids is 1. The highest BCUT2D eigenvalue weighted by Gasteiger charge is 1.93. The molecule has 5 heteroatoms. The van der Waals surface area contributed by atoms with E-state index >= 15 is 0 Å². The predicted octanol–water partition coefficient (Wildman–Crippen LogP) is -0.715. The van der Waals surface area contributed by atoms with Gasteiger partial charge in [0.25, 0.3) is 0 Å². The van der Waals surface area contributed by atoms with Crippen LogP contribution in [0.4, 0.5) is 0 Å². The molecule has 0 aliphatic rings. The molecule has 0 aromatic rings. The zero-order valence-corrected chi connectivity index (χ0v) is 6.65. The maximum Gasteiger partial charge on any atom is 0.203 e. The van der Waals surface area contributed by atoms with E-state index in [-0.39, 0.29) is 26.4 Å². The van der Waals surface area contributed by atoms with Crippen LogP contribution in [0.3, 0.4) is 0 Å². The summed E-state index contributed by atoms with van der Waals surface area (Å²) < 4.78 is 9.61. The van der Waals surface area contributed by atoms with Crippen molar-refractivity contribution in [3.8, 4) is 0 Å². The maximum atomic E-state index is 9.71. The molecule has 0 aromatic heterocycles. The largest absolute Gasteiger partial charge is 0.500 e. The Kier molecular flexibility index (Phi) is 7.63. The van der Waals surface area contributed by atoms with E-state index in [1.807, 2.05) is 0 Å². The van der Waals surface area contributed by atoms with E-state index in [9.17, 15) is 4.79 Å². The van der Waals surface area contributed by atoms with Crippen LogP contribution >= 0.6 is 0 Å². The molecule has 12 heavy (non-hydrogen) atoms. The summed E-state index contributed by atoms with van der Waals surface area (Å²) in [4.78, 5) is 9.71. The highest BCUT2D eigenvalue weighted by molar-refractivity contribution is 5.48. The van der Waals surface area contributed by atoms with Gasteiger partial charge in [0.05, 0.1) is 26.4 Å². The van der Waals surface area contributed by atoms with Crippen molar-refractivity contribution in [3.05, 3.63) is 5.76 Å². The topological polar surface area (TPSA) is 76.0 Å². The third kappa shape index (κ3) is 7.24. The molecule has 0 aromatic carbocycles. The molecule has 0 saturated carbocycles. The van der Waals surface area contributed by atoms with Gasteiger partial charge in [-0.1, -0.05) is 0 Å². The van der Waals surface area contributed by atoms with Gasteiger partial charge in [0.2, 0.25) is 5.76 Å². The molecule has 0 amide bonds. The van der Waals surface area contributed by atoms with E-state index in [0.717, 1.165) is 0 Å². The van der Waals surface area contributed by atoms with Crippen molar-refractivity contribution in [1.82, 2.24) is 0 Å². The van der Waals surface area contributed by atoms with E-state index < -0.39 is 5.76 Å². The molecule has 5 nitrogen and oxygen atoms in total. The fraction of sp³-hybridized carbons (Fsp3) is 0.714.